The summed E-state index contributed by atoms with van der Waals surface area (Å²) >= 11 is 3.37. The Morgan fingerprint density at radius 1 is 0.900 bits per heavy atom. The number of imide groups is 1. The van der Waals surface area contributed by atoms with E-state index in [2.05, 4.69) is 15.9 Å². The molecule has 0 saturated carbocycles. The van der Waals surface area contributed by atoms with Crippen molar-refractivity contribution in [3.8, 4) is 5.75 Å². The molecule has 5 heteroatoms. The standard InChI is InChI=1S/C25H22BrNO3/c1-18(26)23(28)27-24(29)21-14-8-9-15-22(21)30-25(27,16-19-10-4-2-5-11-19)17-20-12-6-3-7-13-20/h2-15,18H,16-17H2,1H3. The van der Waals surface area contributed by atoms with Crippen molar-refractivity contribution in [3.05, 3.63) is 102 Å². The van der Waals surface area contributed by atoms with E-state index in [9.17, 15) is 9.59 Å². The molecule has 1 aliphatic rings. The van der Waals surface area contributed by atoms with Crippen molar-refractivity contribution in [2.24, 2.45) is 0 Å². The summed E-state index contributed by atoms with van der Waals surface area (Å²) in [7, 11) is 0. The lowest BCUT2D eigenvalue weighted by Gasteiger charge is -2.46. The smallest absolute Gasteiger partial charge is 0.267 e. The number of nitrogens with zero attached hydrogens (tertiary/aromatic N) is 1. The highest BCUT2D eigenvalue weighted by Crippen LogP contribution is 2.38. The largest absolute Gasteiger partial charge is 0.466 e. The number of fused-ring (bicyclic) bond motifs is 1. The Labute approximate surface area is 184 Å². The number of alkyl halides is 1. The van der Waals surface area contributed by atoms with Crippen LogP contribution >= 0.6 is 15.9 Å². The quantitative estimate of drug-likeness (QED) is 0.499. The van der Waals surface area contributed by atoms with Crippen LogP contribution in [0.2, 0.25) is 0 Å². The lowest BCUT2D eigenvalue weighted by molar-refractivity contribution is -0.147. The van der Waals surface area contributed by atoms with Crippen LogP contribution in [0.5, 0.6) is 5.75 Å². The highest BCUT2D eigenvalue weighted by Gasteiger charge is 2.51. The predicted octanol–water partition coefficient (Wildman–Crippen LogP) is 5.01. The molecule has 0 N–H and O–H groups in total. The van der Waals surface area contributed by atoms with Crippen molar-refractivity contribution in [3.63, 3.8) is 0 Å². The Balaban J connectivity index is 1.89. The Hall–Kier alpha value is -2.92. The zero-order valence-corrected chi connectivity index (χ0v) is 18.2. The van der Waals surface area contributed by atoms with E-state index in [0.717, 1.165) is 11.1 Å². The molecule has 0 aliphatic carbocycles. The average molecular weight is 464 g/mol. The number of amides is 2. The number of para-hydroxylation sites is 1. The Kier molecular flexibility index (Phi) is 5.73. The topological polar surface area (TPSA) is 46.6 Å². The van der Waals surface area contributed by atoms with Gasteiger partial charge in [0.05, 0.1) is 10.4 Å². The van der Waals surface area contributed by atoms with Gasteiger partial charge in [-0.15, -0.1) is 0 Å². The monoisotopic (exact) mass is 463 g/mol. The first-order chi connectivity index (χ1) is 14.5. The normalized spacial score (nSPS) is 15.8. The predicted molar refractivity (Wildman–Crippen MR) is 120 cm³/mol. The van der Waals surface area contributed by atoms with Gasteiger partial charge in [-0.2, -0.15) is 0 Å². The van der Waals surface area contributed by atoms with Crippen molar-refractivity contribution in [2.45, 2.75) is 30.3 Å². The molecule has 0 radical (unpaired) electrons. The molecular formula is C25H22BrNO3. The molecule has 4 rings (SSSR count). The molecule has 1 heterocycles. The highest BCUT2D eigenvalue weighted by molar-refractivity contribution is 9.10. The molecule has 30 heavy (non-hydrogen) atoms. The number of hydrogen-bond acceptors (Lipinski definition) is 3. The van der Waals surface area contributed by atoms with E-state index >= 15 is 0 Å². The van der Waals surface area contributed by atoms with E-state index in [4.69, 9.17) is 4.74 Å². The second-order valence-corrected chi connectivity index (χ2v) is 8.84. The van der Waals surface area contributed by atoms with Crippen LogP contribution in [0.15, 0.2) is 84.9 Å². The lowest BCUT2D eigenvalue weighted by atomic mass is 9.90. The van der Waals surface area contributed by atoms with Gasteiger partial charge in [0.15, 0.2) is 5.72 Å². The fraction of sp³-hybridized carbons (Fsp3) is 0.200. The summed E-state index contributed by atoms with van der Waals surface area (Å²) < 4.78 is 6.55. The van der Waals surface area contributed by atoms with Gasteiger partial charge in [-0.05, 0) is 30.2 Å². The molecule has 4 nitrogen and oxygen atoms in total. The van der Waals surface area contributed by atoms with Crippen LogP contribution in [0.3, 0.4) is 0 Å². The van der Waals surface area contributed by atoms with Gasteiger partial charge in [0.2, 0.25) is 5.91 Å². The first kappa shape index (κ1) is 20.4. The van der Waals surface area contributed by atoms with Crippen LogP contribution < -0.4 is 4.74 Å². The van der Waals surface area contributed by atoms with Crippen molar-refractivity contribution < 1.29 is 14.3 Å². The van der Waals surface area contributed by atoms with E-state index in [1.165, 1.54) is 4.90 Å². The summed E-state index contributed by atoms with van der Waals surface area (Å²) in [5, 5.41) is 0. The lowest BCUT2D eigenvalue weighted by Crippen LogP contribution is -2.64. The van der Waals surface area contributed by atoms with Gasteiger partial charge in [0, 0.05) is 12.8 Å². The molecule has 0 bridgehead atoms. The molecule has 0 aromatic heterocycles. The molecule has 3 aromatic rings. The minimum Gasteiger partial charge on any atom is -0.466 e. The fourth-order valence-corrected chi connectivity index (χ4v) is 4.09. The second kappa shape index (κ2) is 8.44. The minimum absolute atomic E-state index is 0.318. The van der Waals surface area contributed by atoms with Crippen LogP contribution in [-0.2, 0) is 17.6 Å². The van der Waals surface area contributed by atoms with E-state index in [-0.39, 0.29) is 11.8 Å². The Morgan fingerprint density at radius 3 is 1.93 bits per heavy atom. The number of ether oxygens (including phenoxy) is 1. The van der Waals surface area contributed by atoms with E-state index < -0.39 is 10.6 Å². The maximum Gasteiger partial charge on any atom is 0.267 e. The molecule has 3 aromatic carbocycles. The first-order valence-corrected chi connectivity index (χ1v) is 10.8. The molecule has 0 saturated heterocycles. The molecule has 2 amide bonds. The van der Waals surface area contributed by atoms with E-state index in [1.54, 1.807) is 25.1 Å². The van der Waals surface area contributed by atoms with Gasteiger partial charge in [0.1, 0.15) is 5.75 Å². The third kappa shape index (κ3) is 3.90. The van der Waals surface area contributed by atoms with Gasteiger partial charge in [-0.1, -0.05) is 88.7 Å². The number of hydrogen-bond donors (Lipinski definition) is 0. The maximum atomic E-state index is 13.6. The third-order valence-electron chi connectivity index (χ3n) is 5.24. The molecular weight excluding hydrogens is 442 g/mol. The Morgan fingerprint density at radius 2 is 1.40 bits per heavy atom. The van der Waals surface area contributed by atoms with Crippen LogP contribution in [0, 0.1) is 0 Å². The summed E-state index contributed by atoms with van der Waals surface area (Å²) in [5.74, 6) is -0.151. The maximum absolute atomic E-state index is 13.6. The minimum atomic E-state index is -1.17. The molecule has 1 aliphatic heterocycles. The molecule has 0 spiro atoms. The van der Waals surface area contributed by atoms with E-state index in [1.807, 2.05) is 66.7 Å². The molecule has 1 atom stereocenters. The summed E-state index contributed by atoms with van der Waals surface area (Å²) in [6.07, 6.45) is 0.766. The van der Waals surface area contributed by atoms with Gasteiger partial charge >= 0.3 is 0 Å². The Bertz CT molecular complexity index is 1010. The third-order valence-corrected chi connectivity index (χ3v) is 5.63. The summed E-state index contributed by atoms with van der Waals surface area (Å²) in [6, 6.07) is 26.7. The van der Waals surface area contributed by atoms with Gasteiger partial charge in [-0.25, -0.2) is 4.90 Å². The van der Waals surface area contributed by atoms with Crippen LogP contribution in [-0.4, -0.2) is 27.3 Å². The fourth-order valence-electron chi connectivity index (χ4n) is 3.89. The van der Waals surface area contributed by atoms with Crippen molar-refractivity contribution in [2.75, 3.05) is 0 Å². The molecule has 152 valence electrons. The van der Waals surface area contributed by atoms with Gasteiger partial charge in [-0.3, -0.25) is 9.59 Å². The van der Waals surface area contributed by atoms with Gasteiger partial charge < -0.3 is 4.74 Å². The highest BCUT2D eigenvalue weighted by atomic mass is 79.9. The number of halogens is 1. The number of rotatable bonds is 5. The molecule has 1 unspecified atom stereocenters. The average Bonchev–Trinajstić information content (AvgIpc) is 2.75. The van der Waals surface area contributed by atoms with Crippen LogP contribution in [0.1, 0.15) is 28.4 Å². The summed E-state index contributed by atoms with van der Waals surface area (Å²) in [5.41, 5.74) is 1.20. The zero-order chi connectivity index (χ0) is 21.1. The van der Waals surface area contributed by atoms with Crippen molar-refractivity contribution in [1.82, 2.24) is 4.90 Å². The van der Waals surface area contributed by atoms with Crippen LogP contribution in [0.4, 0.5) is 0 Å². The van der Waals surface area contributed by atoms with Crippen molar-refractivity contribution in [1.29, 1.82) is 0 Å². The summed E-state index contributed by atoms with van der Waals surface area (Å²) in [6.45, 7) is 1.73. The van der Waals surface area contributed by atoms with Gasteiger partial charge in [0.25, 0.3) is 5.91 Å². The second-order valence-electron chi connectivity index (χ2n) is 7.46. The van der Waals surface area contributed by atoms with Crippen LogP contribution in [0.25, 0.3) is 0 Å². The SMILES string of the molecule is CC(Br)C(=O)N1C(=O)c2ccccc2OC1(Cc1ccccc1)Cc1ccccc1. The van der Waals surface area contributed by atoms with E-state index in [0.29, 0.717) is 24.2 Å². The van der Waals surface area contributed by atoms with Crippen molar-refractivity contribution >= 4 is 27.7 Å². The number of carbonyl (C=O) groups is 2. The zero-order valence-electron chi connectivity index (χ0n) is 16.6. The molecule has 0 fully saturated rings. The first-order valence-electron chi connectivity index (χ1n) is 9.88. The number of benzene rings is 3. The number of carbonyl (C=O) groups excluding carboxylic acids is 2. The summed E-state index contributed by atoms with van der Waals surface area (Å²) in [4.78, 5) is 27.6.